The first-order valence-electron chi connectivity index (χ1n) is 7.94. The zero-order valence-electron chi connectivity index (χ0n) is 12.9. The Morgan fingerprint density at radius 2 is 1.53 bits per heavy atom. The number of oxazole rings is 1. The topological polar surface area (TPSA) is 26.0 Å². The van der Waals surface area contributed by atoms with Gasteiger partial charge in [-0.2, -0.15) is 0 Å². The Bertz CT molecular complexity index is 289. The van der Waals surface area contributed by atoms with Crippen LogP contribution in [-0.4, -0.2) is 26.1 Å². The van der Waals surface area contributed by atoms with Crippen molar-refractivity contribution in [2.24, 2.45) is 0 Å². The van der Waals surface area contributed by atoms with Crippen LogP contribution in [0.1, 0.15) is 78.6 Å². The summed E-state index contributed by atoms with van der Waals surface area (Å²) in [5.74, 6) is 0. The fourth-order valence-electron chi connectivity index (χ4n) is 2.62. The van der Waals surface area contributed by atoms with E-state index in [2.05, 4.69) is 25.8 Å². The predicted octanol–water partition coefficient (Wildman–Crippen LogP) is 4.73. The van der Waals surface area contributed by atoms with Crippen LogP contribution in [0.15, 0.2) is 16.9 Å². The summed E-state index contributed by atoms with van der Waals surface area (Å²) < 4.78 is 7.29. The number of hydrogen-bond donors (Lipinski definition) is 0. The Hall–Kier alpha value is 0.00870. The average Bonchev–Trinajstić information content (AvgIpc) is 2.93. The first-order valence-corrected chi connectivity index (χ1v) is 10.8. The van der Waals surface area contributed by atoms with Gasteiger partial charge in [-0.05, 0) is 0 Å². The van der Waals surface area contributed by atoms with Crippen LogP contribution in [0.25, 0.3) is 0 Å². The molecule has 0 saturated heterocycles. The van der Waals surface area contributed by atoms with Crippen LogP contribution in [0, 0.1) is 0 Å². The van der Waals surface area contributed by atoms with Crippen molar-refractivity contribution in [3.05, 3.63) is 12.5 Å². The molecule has 0 aliphatic heterocycles. The molecule has 108 valence electrons. The summed E-state index contributed by atoms with van der Waals surface area (Å²) in [5.41, 5.74) is 0. The van der Waals surface area contributed by atoms with E-state index in [1.165, 1.54) is 57.8 Å². The average molecular weight is 370 g/mol. The van der Waals surface area contributed by atoms with E-state index in [4.69, 9.17) is 4.42 Å². The third-order valence-electron chi connectivity index (χ3n) is 3.83. The summed E-state index contributed by atoms with van der Waals surface area (Å²) in [4.78, 5) is 4.43. The first kappa shape index (κ1) is 17.1. The van der Waals surface area contributed by atoms with Gasteiger partial charge in [0.2, 0.25) is 0 Å². The van der Waals surface area contributed by atoms with E-state index >= 15 is 0 Å². The fraction of sp³-hybridized carbons (Fsp3) is 0.812. The summed E-state index contributed by atoms with van der Waals surface area (Å²) in [6.45, 7) is 6.92. The maximum atomic E-state index is 5.59. The van der Waals surface area contributed by atoms with Gasteiger partial charge in [0.15, 0.2) is 0 Å². The van der Waals surface area contributed by atoms with Crippen molar-refractivity contribution in [1.82, 2.24) is 4.98 Å². The quantitative estimate of drug-likeness (QED) is 0.527. The molecule has 0 aliphatic rings. The second-order valence-electron chi connectivity index (χ2n) is 5.55. The molecule has 1 rings (SSSR count). The van der Waals surface area contributed by atoms with Crippen LogP contribution in [0.2, 0.25) is 3.43 Å². The normalized spacial score (nSPS) is 11.9. The van der Waals surface area contributed by atoms with Crippen LogP contribution in [0.4, 0.5) is 0 Å². The van der Waals surface area contributed by atoms with Gasteiger partial charge in [0.1, 0.15) is 0 Å². The molecule has 2 nitrogen and oxygen atoms in total. The summed E-state index contributed by atoms with van der Waals surface area (Å²) in [7, 11) is 0. The number of hydrogen-bond acceptors (Lipinski definition) is 2. The number of unbranched alkanes of at least 4 members (excludes halogenated alkanes) is 3. The zero-order chi connectivity index (χ0) is 14.0. The molecule has 0 amide bonds. The molecular formula is C16H29NOSn. The van der Waals surface area contributed by atoms with Crippen molar-refractivity contribution in [2.75, 3.05) is 0 Å². The fourth-order valence-corrected chi connectivity index (χ4v) is 7.26. The van der Waals surface area contributed by atoms with Crippen molar-refractivity contribution >= 4 is 25.0 Å². The summed E-state index contributed by atoms with van der Waals surface area (Å²) in [6.07, 6.45) is 15.8. The summed E-state index contributed by atoms with van der Waals surface area (Å²) in [6, 6.07) is 0. The second-order valence-corrected chi connectivity index (χ2v) is 10.5. The standard InChI is InChI=1S/C13H27.C3H2NO.Sn/c1-4-7-10-13(11-8-5-2)12-9-6-3;1-2-5-3-4-1;/h4-12H2,1-3H3;1-2H;. The molecule has 2 radical (unpaired) electrons. The second kappa shape index (κ2) is 9.84. The molecule has 0 fully saturated rings. The predicted molar refractivity (Wildman–Crippen MR) is 83.2 cm³/mol. The van der Waals surface area contributed by atoms with Crippen molar-refractivity contribution in [1.29, 1.82) is 0 Å². The third kappa shape index (κ3) is 6.33. The molecule has 0 atom stereocenters. The van der Waals surface area contributed by atoms with E-state index in [0.29, 0.717) is 3.43 Å². The SMILES string of the molecule is CCCC[C](CCCC)(CCCC)[Sn][c]1ncco1. The first-order chi connectivity index (χ1) is 9.26. The molecule has 0 spiro atoms. The Labute approximate surface area is 129 Å². The third-order valence-corrected chi connectivity index (χ3v) is 8.80. The monoisotopic (exact) mass is 371 g/mol. The Morgan fingerprint density at radius 3 is 1.89 bits per heavy atom. The Morgan fingerprint density at radius 1 is 1.00 bits per heavy atom. The van der Waals surface area contributed by atoms with Crippen molar-refractivity contribution in [3.8, 4) is 0 Å². The molecule has 1 aromatic rings. The van der Waals surface area contributed by atoms with Crippen molar-refractivity contribution in [3.63, 3.8) is 0 Å². The Kier molecular flexibility index (Phi) is 8.84. The molecule has 0 aromatic carbocycles. The number of nitrogens with zero attached hydrogens (tertiary/aromatic N) is 1. The van der Waals surface area contributed by atoms with Gasteiger partial charge in [0.05, 0.1) is 0 Å². The van der Waals surface area contributed by atoms with Gasteiger partial charge in [-0.3, -0.25) is 0 Å². The molecule has 0 saturated carbocycles. The van der Waals surface area contributed by atoms with Gasteiger partial charge in [-0.15, -0.1) is 0 Å². The van der Waals surface area contributed by atoms with Crippen molar-refractivity contribution < 1.29 is 4.42 Å². The van der Waals surface area contributed by atoms with Crippen LogP contribution >= 0.6 is 0 Å². The van der Waals surface area contributed by atoms with E-state index in [9.17, 15) is 0 Å². The van der Waals surface area contributed by atoms with Crippen LogP contribution < -0.4 is 3.91 Å². The molecule has 0 bridgehead atoms. The molecule has 19 heavy (non-hydrogen) atoms. The maximum absolute atomic E-state index is 5.59. The van der Waals surface area contributed by atoms with Gasteiger partial charge in [-0.25, -0.2) is 0 Å². The molecule has 3 heteroatoms. The summed E-state index contributed by atoms with van der Waals surface area (Å²) >= 11 is -0.721. The van der Waals surface area contributed by atoms with Crippen LogP contribution in [0.3, 0.4) is 0 Å². The molecule has 1 aromatic heterocycles. The molecular weight excluding hydrogens is 341 g/mol. The number of aromatic nitrogens is 1. The number of rotatable bonds is 11. The van der Waals surface area contributed by atoms with Crippen LogP contribution in [0.5, 0.6) is 0 Å². The zero-order valence-corrected chi connectivity index (χ0v) is 15.7. The van der Waals surface area contributed by atoms with E-state index in [1.54, 1.807) is 6.26 Å². The van der Waals surface area contributed by atoms with E-state index in [-0.39, 0.29) is 0 Å². The summed E-state index contributed by atoms with van der Waals surface area (Å²) in [5, 5.41) is 0. The molecule has 1 heterocycles. The molecule has 0 N–H and O–H groups in total. The van der Waals surface area contributed by atoms with Gasteiger partial charge >= 0.3 is 129 Å². The van der Waals surface area contributed by atoms with Gasteiger partial charge < -0.3 is 0 Å². The van der Waals surface area contributed by atoms with Crippen molar-refractivity contribution in [2.45, 2.75) is 82.0 Å². The minimum absolute atomic E-state index is 0.593. The van der Waals surface area contributed by atoms with E-state index in [1.807, 2.05) is 6.20 Å². The van der Waals surface area contributed by atoms with E-state index < -0.39 is 21.1 Å². The molecule has 0 aliphatic carbocycles. The van der Waals surface area contributed by atoms with Gasteiger partial charge in [-0.1, -0.05) is 0 Å². The van der Waals surface area contributed by atoms with E-state index in [0.717, 1.165) is 3.91 Å². The van der Waals surface area contributed by atoms with Gasteiger partial charge in [0, 0.05) is 0 Å². The minimum atomic E-state index is -0.721. The Balaban J connectivity index is 2.74. The van der Waals surface area contributed by atoms with Gasteiger partial charge in [0.25, 0.3) is 0 Å². The molecule has 0 unspecified atom stereocenters. The van der Waals surface area contributed by atoms with Crippen LogP contribution in [-0.2, 0) is 0 Å².